The van der Waals surface area contributed by atoms with Crippen LogP contribution in [-0.2, 0) is 10.9 Å². The zero-order chi connectivity index (χ0) is 27.6. The zero-order valence-electron chi connectivity index (χ0n) is 20.2. The summed E-state index contributed by atoms with van der Waals surface area (Å²) in [5.74, 6) is -2.85. The summed E-state index contributed by atoms with van der Waals surface area (Å²) >= 11 is 0. The predicted octanol–water partition coefficient (Wildman–Crippen LogP) is 4.61. The van der Waals surface area contributed by atoms with Crippen molar-refractivity contribution in [3.05, 3.63) is 76.9 Å². The Balaban J connectivity index is 1.86. The highest BCUT2D eigenvalue weighted by Crippen LogP contribution is 2.49. The van der Waals surface area contributed by atoms with Crippen LogP contribution in [-0.4, -0.2) is 37.3 Å². The van der Waals surface area contributed by atoms with E-state index >= 15 is 0 Å². The van der Waals surface area contributed by atoms with Gasteiger partial charge in [-0.2, -0.15) is 23.4 Å². The van der Waals surface area contributed by atoms with Crippen LogP contribution >= 0.6 is 0 Å². The van der Waals surface area contributed by atoms with E-state index in [0.29, 0.717) is 11.0 Å². The van der Waals surface area contributed by atoms with Gasteiger partial charge in [0.05, 0.1) is 17.4 Å². The first-order valence-corrected chi connectivity index (χ1v) is 11.4. The number of hydrogen-bond donors (Lipinski definition) is 2. The van der Waals surface area contributed by atoms with Crippen LogP contribution in [0.4, 0.5) is 32.4 Å². The summed E-state index contributed by atoms with van der Waals surface area (Å²) in [6, 6.07) is 3.80. The Labute approximate surface area is 212 Å². The normalized spacial score (nSPS) is 20.9. The number of ether oxygens (including phenoxy) is 1. The summed E-state index contributed by atoms with van der Waals surface area (Å²) in [7, 11) is 0. The van der Waals surface area contributed by atoms with Gasteiger partial charge in [0, 0.05) is 11.1 Å². The number of halogens is 5. The Morgan fingerprint density at radius 1 is 1.05 bits per heavy atom. The van der Waals surface area contributed by atoms with Crippen molar-refractivity contribution in [3.8, 4) is 0 Å². The lowest BCUT2D eigenvalue weighted by Crippen LogP contribution is -2.51. The maximum absolute atomic E-state index is 14.8. The number of rotatable bonds is 2. The highest BCUT2D eigenvalue weighted by molar-refractivity contribution is 6.14. The molecule has 0 spiro atoms. The molecule has 2 aliphatic rings. The number of carbonyl (C=O) groups excluding carboxylic acids is 1. The molecule has 2 N–H and O–H groups in total. The van der Waals surface area contributed by atoms with Gasteiger partial charge in [0.1, 0.15) is 29.6 Å². The second-order valence-electron chi connectivity index (χ2n) is 9.74. The molecule has 2 aromatic carbocycles. The molecule has 3 heterocycles. The fourth-order valence-corrected chi connectivity index (χ4v) is 4.63. The second-order valence-corrected chi connectivity index (χ2v) is 9.74. The van der Waals surface area contributed by atoms with Crippen molar-refractivity contribution in [2.75, 3.05) is 4.90 Å². The van der Waals surface area contributed by atoms with Gasteiger partial charge >= 0.3 is 12.3 Å². The smallest absolute Gasteiger partial charge is 0.443 e. The number of alkyl halides is 3. The van der Waals surface area contributed by atoms with Crippen molar-refractivity contribution in [2.45, 2.75) is 50.9 Å². The number of hydrogen-bond acceptors (Lipinski definition) is 7. The molecule has 9 nitrogen and oxygen atoms in total. The van der Waals surface area contributed by atoms with Gasteiger partial charge in [0.25, 0.3) is 0 Å². The first kappa shape index (κ1) is 25.6. The first-order valence-electron chi connectivity index (χ1n) is 11.4. The number of amides is 1. The molecule has 0 radical (unpaired) electrons. The third kappa shape index (κ3) is 4.34. The predicted molar refractivity (Wildman–Crippen MR) is 123 cm³/mol. The second kappa shape index (κ2) is 8.75. The number of aliphatic hydroxyl groups is 1. The van der Waals surface area contributed by atoms with Crippen LogP contribution in [0, 0.1) is 11.6 Å². The minimum Gasteiger partial charge on any atom is -0.443 e. The molecule has 2 aliphatic heterocycles. The van der Waals surface area contributed by atoms with Crippen molar-refractivity contribution in [1.82, 2.24) is 20.2 Å². The van der Waals surface area contributed by atoms with Crippen LogP contribution in [0.2, 0.25) is 0 Å². The number of nitrogens with one attached hydrogen (secondary N) is 1. The van der Waals surface area contributed by atoms with Gasteiger partial charge in [-0.15, -0.1) is 0 Å². The van der Waals surface area contributed by atoms with Crippen LogP contribution < -0.4 is 10.3 Å². The molecule has 1 amide bonds. The first-order chi connectivity index (χ1) is 17.8. The number of aliphatic hydroxyl groups excluding tert-OH is 1. The summed E-state index contributed by atoms with van der Waals surface area (Å²) in [6.45, 7) is 4.75. The molecule has 1 aromatic heterocycles. The fraction of sp³-hybridized carbons (Fsp3) is 0.333. The molecule has 0 aliphatic carbocycles. The summed E-state index contributed by atoms with van der Waals surface area (Å²) in [6.07, 6.45) is -6.79. The van der Waals surface area contributed by atoms with Crippen molar-refractivity contribution in [3.63, 3.8) is 0 Å². The molecule has 0 saturated heterocycles. The number of carbonyl (C=O) groups is 1. The summed E-state index contributed by atoms with van der Waals surface area (Å²) < 4.78 is 76.9. The average Bonchev–Trinajstić information content (AvgIpc) is 3.30. The fourth-order valence-electron chi connectivity index (χ4n) is 4.63. The number of aromatic nitrogens is 3. The van der Waals surface area contributed by atoms with Gasteiger partial charge in [0.2, 0.25) is 5.82 Å². The Morgan fingerprint density at radius 3 is 2.37 bits per heavy atom. The van der Waals surface area contributed by atoms with E-state index in [2.05, 4.69) is 20.6 Å². The van der Waals surface area contributed by atoms with Crippen LogP contribution in [0.5, 0.6) is 0 Å². The number of anilines is 1. The zero-order valence-corrected chi connectivity index (χ0v) is 20.2. The highest BCUT2D eigenvalue weighted by Gasteiger charge is 2.51. The van der Waals surface area contributed by atoms with E-state index in [1.807, 2.05) is 0 Å². The van der Waals surface area contributed by atoms with Gasteiger partial charge in [-0.25, -0.2) is 23.2 Å². The number of hydrazone groups is 1. The minimum atomic E-state index is -4.95. The van der Waals surface area contributed by atoms with Crippen LogP contribution in [0.1, 0.15) is 61.6 Å². The largest absolute Gasteiger partial charge is 0.451 e. The van der Waals surface area contributed by atoms with E-state index in [4.69, 9.17) is 4.74 Å². The quantitative estimate of drug-likeness (QED) is 0.464. The molecule has 0 bridgehead atoms. The monoisotopic (exact) mass is 536 g/mol. The number of benzene rings is 2. The van der Waals surface area contributed by atoms with E-state index in [0.717, 1.165) is 29.2 Å². The molecule has 3 unspecified atom stereocenters. The number of nitrogens with zero attached hydrogens (tertiary/aromatic N) is 5. The van der Waals surface area contributed by atoms with Gasteiger partial charge in [-0.3, -0.25) is 10.3 Å². The van der Waals surface area contributed by atoms with E-state index in [9.17, 15) is 31.9 Å². The summed E-state index contributed by atoms with van der Waals surface area (Å²) in [5, 5.41) is 18.4. The molecule has 200 valence electrons. The Bertz CT molecular complexity index is 1430. The van der Waals surface area contributed by atoms with Crippen molar-refractivity contribution >= 4 is 17.5 Å². The molecular weight excluding hydrogens is 515 g/mol. The van der Waals surface area contributed by atoms with E-state index in [-0.39, 0.29) is 28.1 Å². The summed E-state index contributed by atoms with van der Waals surface area (Å²) in [4.78, 5) is 18.0. The molecule has 0 fully saturated rings. The minimum absolute atomic E-state index is 0.0236. The van der Waals surface area contributed by atoms with Crippen molar-refractivity contribution in [1.29, 1.82) is 0 Å². The third-order valence-electron chi connectivity index (χ3n) is 5.98. The molecule has 3 atom stereocenters. The molecule has 14 heteroatoms. The molecule has 3 aromatic rings. The van der Waals surface area contributed by atoms with Gasteiger partial charge in [-0.05, 0) is 50.6 Å². The third-order valence-corrected chi connectivity index (χ3v) is 5.98. The lowest BCUT2D eigenvalue weighted by molar-refractivity contribution is -0.148. The molecule has 0 saturated carbocycles. The Kier molecular flexibility index (Phi) is 5.89. The van der Waals surface area contributed by atoms with Gasteiger partial charge in [0.15, 0.2) is 6.23 Å². The topological polar surface area (TPSA) is 105 Å². The van der Waals surface area contributed by atoms with Crippen LogP contribution in [0.25, 0.3) is 0 Å². The Morgan fingerprint density at radius 2 is 1.74 bits per heavy atom. The lowest BCUT2D eigenvalue weighted by atomic mass is 9.82. The Hall–Kier alpha value is -4.07. The maximum atomic E-state index is 14.8. The van der Waals surface area contributed by atoms with Crippen LogP contribution in [0.3, 0.4) is 0 Å². The maximum Gasteiger partial charge on any atom is 0.451 e. The molecule has 5 rings (SSSR count). The molecule has 38 heavy (non-hydrogen) atoms. The standard InChI is InChI=1S/C24H21F5N6O3/c1-23(2,3)38-22(37)34-15-9-13(26)8-14-16(15)17(32-33-20(14)36)19(18(34)11-4-6-12(25)7-5-11)35-21(24(27,28)29)30-10-31-35/h4-10,18-20,33,36H,1-3H3. The highest BCUT2D eigenvalue weighted by atomic mass is 19.4. The van der Waals surface area contributed by atoms with E-state index in [1.54, 1.807) is 20.8 Å². The van der Waals surface area contributed by atoms with Crippen molar-refractivity contribution in [2.24, 2.45) is 5.10 Å². The van der Waals surface area contributed by atoms with Crippen LogP contribution in [0.15, 0.2) is 47.8 Å². The van der Waals surface area contributed by atoms with E-state index in [1.165, 1.54) is 12.1 Å². The van der Waals surface area contributed by atoms with Crippen molar-refractivity contribution < 1.29 is 36.6 Å². The summed E-state index contributed by atoms with van der Waals surface area (Å²) in [5.41, 5.74) is 1.29. The molecular formula is C24H21F5N6O3. The lowest BCUT2D eigenvalue weighted by Gasteiger charge is -2.45. The van der Waals surface area contributed by atoms with Gasteiger partial charge < -0.3 is 9.84 Å². The van der Waals surface area contributed by atoms with Gasteiger partial charge in [-0.1, -0.05) is 12.1 Å². The average molecular weight is 536 g/mol. The van der Waals surface area contributed by atoms with E-state index < -0.39 is 53.6 Å². The SMILES string of the molecule is CC(C)(C)OC(=O)N1c2cc(F)cc3c2C(=NNC3O)C(n2ncnc2C(F)(F)F)C1c1ccc(F)cc1.